The second-order valence-electron chi connectivity index (χ2n) is 10.2. The Kier molecular flexibility index (Phi) is 7.25. The van der Waals surface area contributed by atoms with Gasteiger partial charge < -0.3 is 19.7 Å². The Morgan fingerprint density at radius 1 is 0.923 bits per heavy atom. The molecule has 0 radical (unpaired) electrons. The van der Waals surface area contributed by atoms with Crippen LogP contribution in [0.15, 0.2) is 54.6 Å². The summed E-state index contributed by atoms with van der Waals surface area (Å²) in [7, 11) is 2.45. The Bertz CT molecular complexity index is 1390. The molecule has 1 saturated carbocycles. The van der Waals surface area contributed by atoms with E-state index in [1.54, 1.807) is 17.0 Å². The Labute approximate surface area is 224 Å². The SMILES string of the molecule is COc1cc(OC)c(F)c(C(=O)NC2CC23CCN(C(=O)c2cccc(Cc4cccc(F)c4)c2)CC3)c1F. The molecule has 1 unspecified atom stereocenters. The van der Waals surface area contributed by atoms with Crippen molar-refractivity contribution in [3.63, 3.8) is 0 Å². The van der Waals surface area contributed by atoms with E-state index in [-0.39, 0.29) is 34.7 Å². The minimum atomic E-state index is -1.08. The molecule has 2 fully saturated rings. The third-order valence-corrected chi connectivity index (χ3v) is 7.81. The predicted molar refractivity (Wildman–Crippen MR) is 139 cm³/mol. The summed E-state index contributed by atoms with van der Waals surface area (Å²) in [4.78, 5) is 27.9. The number of nitrogens with zero attached hydrogens (tertiary/aromatic N) is 1. The van der Waals surface area contributed by atoms with E-state index in [1.165, 1.54) is 26.4 Å². The lowest BCUT2D eigenvalue weighted by atomic mass is 9.92. The van der Waals surface area contributed by atoms with Crippen molar-refractivity contribution in [3.8, 4) is 11.5 Å². The summed E-state index contributed by atoms with van der Waals surface area (Å²) < 4.78 is 52.9. The van der Waals surface area contributed by atoms with Crippen molar-refractivity contribution in [2.45, 2.75) is 31.7 Å². The van der Waals surface area contributed by atoms with E-state index in [1.807, 2.05) is 24.3 Å². The van der Waals surface area contributed by atoms with Gasteiger partial charge in [-0.3, -0.25) is 9.59 Å². The van der Waals surface area contributed by atoms with Gasteiger partial charge in [-0.15, -0.1) is 0 Å². The molecule has 1 aliphatic carbocycles. The van der Waals surface area contributed by atoms with Gasteiger partial charge in [0.25, 0.3) is 11.8 Å². The van der Waals surface area contributed by atoms with Crippen molar-refractivity contribution < 1.29 is 32.2 Å². The molecule has 1 heterocycles. The second-order valence-corrected chi connectivity index (χ2v) is 10.2. The number of rotatable bonds is 7. The molecule has 5 rings (SSSR count). The Morgan fingerprint density at radius 3 is 2.15 bits per heavy atom. The van der Waals surface area contributed by atoms with Crippen LogP contribution in [-0.4, -0.2) is 50.1 Å². The molecule has 6 nitrogen and oxygen atoms in total. The molecule has 3 aromatic carbocycles. The van der Waals surface area contributed by atoms with Crippen LogP contribution in [-0.2, 0) is 6.42 Å². The second kappa shape index (κ2) is 10.6. The summed E-state index contributed by atoms with van der Waals surface area (Å²) in [6.45, 7) is 1.02. The summed E-state index contributed by atoms with van der Waals surface area (Å²) in [5, 5.41) is 2.77. The summed E-state index contributed by atoms with van der Waals surface area (Å²) in [5.41, 5.74) is 1.37. The van der Waals surface area contributed by atoms with Gasteiger partial charge in [0, 0.05) is 30.8 Å². The molecule has 0 bridgehead atoms. The van der Waals surface area contributed by atoms with Crippen molar-refractivity contribution in [2.75, 3.05) is 27.3 Å². The Balaban J connectivity index is 1.20. The zero-order valence-electron chi connectivity index (χ0n) is 21.7. The van der Waals surface area contributed by atoms with Gasteiger partial charge in [-0.05, 0) is 66.5 Å². The molecule has 204 valence electrons. The van der Waals surface area contributed by atoms with Gasteiger partial charge in [-0.1, -0.05) is 24.3 Å². The van der Waals surface area contributed by atoms with Gasteiger partial charge in [0.15, 0.2) is 23.1 Å². The molecule has 9 heteroatoms. The van der Waals surface area contributed by atoms with Crippen molar-refractivity contribution in [3.05, 3.63) is 94.3 Å². The average molecular weight is 539 g/mol. The van der Waals surface area contributed by atoms with Crippen LogP contribution in [0, 0.1) is 22.9 Å². The molecule has 0 aromatic heterocycles. The molecule has 3 aromatic rings. The first kappa shape index (κ1) is 26.6. The van der Waals surface area contributed by atoms with Gasteiger partial charge in [-0.25, -0.2) is 13.2 Å². The molecule has 39 heavy (non-hydrogen) atoms. The smallest absolute Gasteiger partial charge is 0.257 e. The molecule has 1 atom stereocenters. The molecule has 1 spiro atoms. The average Bonchev–Trinajstić information content (AvgIpc) is 3.59. The molecule has 1 saturated heterocycles. The lowest BCUT2D eigenvalue weighted by molar-refractivity contribution is 0.0667. The van der Waals surface area contributed by atoms with E-state index < -0.39 is 23.1 Å². The number of halogens is 3. The van der Waals surface area contributed by atoms with Crippen molar-refractivity contribution in [1.82, 2.24) is 10.2 Å². The maximum atomic E-state index is 14.7. The molecule has 1 aliphatic heterocycles. The first-order valence-electron chi connectivity index (χ1n) is 12.8. The van der Waals surface area contributed by atoms with E-state index in [0.717, 1.165) is 17.2 Å². The predicted octanol–water partition coefficient (Wildman–Crippen LogP) is 5.14. The lowest BCUT2D eigenvalue weighted by Crippen LogP contribution is -2.42. The number of hydrogen-bond donors (Lipinski definition) is 1. The van der Waals surface area contributed by atoms with E-state index in [9.17, 15) is 22.8 Å². The molecular weight excluding hydrogens is 509 g/mol. The highest BCUT2D eigenvalue weighted by atomic mass is 19.1. The van der Waals surface area contributed by atoms with Crippen LogP contribution in [0.4, 0.5) is 13.2 Å². The summed E-state index contributed by atoms with van der Waals surface area (Å²) >= 11 is 0. The van der Waals surface area contributed by atoms with Crippen LogP contribution in [0.1, 0.15) is 51.1 Å². The van der Waals surface area contributed by atoms with Crippen LogP contribution in [0.5, 0.6) is 11.5 Å². The van der Waals surface area contributed by atoms with Gasteiger partial charge in [0.05, 0.1) is 14.2 Å². The number of carbonyl (C=O) groups excluding carboxylic acids is 2. The van der Waals surface area contributed by atoms with Crippen molar-refractivity contribution >= 4 is 11.8 Å². The minimum absolute atomic E-state index is 0.0835. The summed E-state index contributed by atoms with van der Waals surface area (Å²) in [6, 6.07) is 14.6. The number of ether oxygens (including phenoxy) is 2. The topological polar surface area (TPSA) is 67.9 Å². The monoisotopic (exact) mass is 538 g/mol. The molecular formula is C30H29F3N2O4. The van der Waals surface area contributed by atoms with E-state index in [4.69, 9.17) is 9.47 Å². The van der Waals surface area contributed by atoms with Gasteiger partial charge >= 0.3 is 0 Å². The zero-order valence-corrected chi connectivity index (χ0v) is 21.7. The van der Waals surface area contributed by atoms with Gasteiger partial charge in [0.1, 0.15) is 11.4 Å². The number of amides is 2. The third-order valence-electron chi connectivity index (χ3n) is 7.81. The highest BCUT2D eigenvalue weighted by molar-refractivity contribution is 5.96. The number of piperidine rings is 1. The number of likely N-dealkylation sites (tertiary alicyclic amines) is 1. The molecule has 1 N–H and O–H groups in total. The number of benzene rings is 3. The lowest BCUT2D eigenvalue weighted by Gasteiger charge is -2.33. The van der Waals surface area contributed by atoms with E-state index in [2.05, 4.69) is 5.32 Å². The molecule has 2 amide bonds. The highest BCUT2D eigenvalue weighted by Crippen LogP contribution is 2.54. The fourth-order valence-corrected chi connectivity index (χ4v) is 5.45. The fraction of sp³-hybridized carbons (Fsp3) is 0.333. The number of hydrogen-bond acceptors (Lipinski definition) is 4. The van der Waals surface area contributed by atoms with Crippen LogP contribution < -0.4 is 14.8 Å². The minimum Gasteiger partial charge on any atom is -0.494 e. The van der Waals surface area contributed by atoms with Crippen molar-refractivity contribution in [2.24, 2.45) is 5.41 Å². The first-order valence-corrected chi connectivity index (χ1v) is 12.8. The van der Waals surface area contributed by atoms with Gasteiger partial charge in [-0.2, -0.15) is 0 Å². The summed E-state index contributed by atoms with van der Waals surface area (Å²) in [5.74, 6) is -3.97. The number of methoxy groups -OCH3 is 2. The Morgan fingerprint density at radius 2 is 1.54 bits per heavy atom. The Hall–Kier alpha value is -4.01. The van der Waals surface area contributed by atoms with Crippen molar-refractivity contribution in [1.29, 1.82) is 0 Å². The largest absolute Gasteiger partial charge is 0.494 e. The quantitative estimate of drug-likeness (QED) is 0.453. The highest BCUT2D eigenvalue weighted by Gasteiger charge is 2.56. The summed E-state index contributed by atoms with van der Waals surface area (Å²) in [6.07, 6.45) is 2.52. The zero-order chi connectivity index (χ0) is 27.7. The standard InChI is InChI=1S/C30H29F3N2O4/c1-38-22-16-23(39-2)27(33)25(26(22)32)28(36)34-24-17-30(24)9-11-35(12-10-30)29(37)20-7-3-5-18(14-20)13-19-6-4-8-21(31)15-19/h3-8,14-16,24H,9-13,17H2,1-2H3,(H,34,36). The van der Waals surface area contributed by atoms with Crippen LogP contribution >= 0.6 is 0 Å². The van der Waals surface area contributed by atoms with Crippen LogP contribution in [0.25, 0.3) is 0 Å². The number of carbonyl (C=O) groups is 2. The van der Waals surface area contributed by atoms with Gasteiger partial charge in [0.2, 0.25) is 0 Å². The third kappa shape index (κ3) is 5.30. The van der Waals surface area contributed by atoms with E-state index >= 15 is 0 Å². The van der Waals surface area contributed by atoms with Crippen LogP contribution in [0.2, 0.25) is 0 Å². The normalized spacial score (nSPS) is 17.6. The maximum Gasteiger partial charge on any atom is 0.257 e. The fourth-order valence-electron chi connectivity index (χ4n) is 5.45. The number of nitrogens with one attached hydrogen (secondary N) is 1. The maximum absolute atomic E-state index is 14.7. The molecule has 2 aliphatic rings. The van der Waals surface area contributed by atoms with Crippen LogP contribution in [0.3, 0.4) is 0 Å². The van der Waals surface area contributed by atoms with E-state index in [0.29, 0.717) is 44.3 Å². The first-order chi connectivity index (χ1) is 18.7.